The number of carbonyl (C=O) groups excluding carboxylic acids is 1. The third-order valence-corrected chi connectivity index (χ3v) is 3.94. The molecule has 124 valence electrons. The van der Waals surface area contributed by atoms with E-state index in [9.17, 15) is 4.79 Å². The molecule has 24 heavy (non-hydrogen) atoms. The van der Waals surface area contributed by atoms with Gasteiger partial charge in [0.15, 0.2) is 5.82 Å². The van der Waals surface area contributed by atoms with Crippen molar-refractivity contribution in [1.82, 2.24) is 14.3 Å². The third-order valence-electron chi connectivity index (χ3n) is 3.94. The first-order chi connectivity index (χ1) is 11.5. The highest BCUT2D eigenvalue weighted by Gasteiger charge is 2.17. The zero-order valence-electron chi connectivity index (χ0n) is 14.2. The summed E-state index contributed by atoms with van der Waals surface area (Å²) in [5.41, 5.74) is 3.43. The van der Waals surface area contributed by atoms with Gasteiger partial charge in [-0.3, -0.25) is 9.48 Å². The molecule has 3 aromatic rings. The average Bonchev–Trinajstić information content (AvgIpc) is 3.10. The molecule has 6 heteroatoms. The van der Waals surface area contributed by atoms with Crippen LogP contribution in [0.25, 0.3) is 5.69 Å². The zero-order valence-corrected chi connectivity index (χ0v) is 14.2. The molecule has 0 bridgehead atoms. The summed E-state index contributed by atoms with van der Waals surface area (Å²) in [6.45, 7) is 3.91. The molecule has 1 aromatic carbocycles. The minimum Gasteiger partial charge on any atom is -0.497 e. The maximum absolute atomic E-state index is 12.6. The minimum absolute atomic E-state index is 0.170. The topological polar surface area (TPSA) is 61.1 Å². The van der Waals surface area contributed by atoms with Crippen LogP contribution in [-0.2, 0) is 7.05 Å². The Bertz CT molecular complexity index is 892. The van der Waals surface area contributed by atoms with E-state index in [1.54, 1.807) is 24.1 Å². The maximum atomic E-state index is 12.6. The molecule has 1 amide bonds. The number of ether oxygens (including phenoxy) is 1. The lowest BCUT2D eigenvalue weighted by atomic mass is 10.2. The lowest BCUT2D eigenvalue weighted by Crippen LogP contribution is -2.13. The first kappa shape index (κ1) is 15.9. The summed E-state index contributed by atoms with van der Waals surface area (Å²) in [4.78, 5) is 12.6. The minimum atomic E-state index is -0.170. The van der Waals surface area contributed by atoms with Crippen LogP contribution in [0.1, 0.15) is 21.7 Å². The van der Waals surface area contributed by atoms with Crippen LogP contribution in [0.15, 0.2) is 42.6 Å². The molecule has 0 saturated heterocycles. The van der Waals surface area contributed by atoms with Gasteiger partial charge in [-0.1, -0.05) is 6.07 Å². The largest absolute Gasteiger partial charge is 0.497 e. The molecule has 0 spiro atoms. The van der Waals surface area contributed by atoms with Gasteiger partial charge in [0, 0.05) is 42.5 Å². The van der Waals surface area contributed by atoms with Gasteiger partial charge in [-0.25, -0.2) is 0 Å². The normalized spacial score (nSPS) is 10.7. The summed E-state index contributed by atoms with van der Waals surface area (Å²) in [6, 6.07) is 11.4. The Hall–Kier alpha value is -3.02. The van der Waals surface area contributed by atoms with E-state index in [1.165, 1.54) is 0 Å². The summed E-state index contributed by atoms with van der Waals surface area (Å²) in [6.07, 6.45) is 1.79. The quantitative estimate of drug-likeness (QED) is 0.802. The van der Waals surface area contributed by atoms with Crippen molar-refractivity contribution in [2.24, 2.45) is 7.05 Å². The van der Waals surface area contributed by atoms with Crippen molar-refractivity contribution in [2.45, 2.75) is 13.8 Å². The lowest BCUT2D eigenvalue weighted by molar-refractivity contribution is 0.102. The fourth-order valence-electron chi connectivity index (χ4n) is 2.80. The zero-order chi connectivity index (χ0) is 17.3. The Balaban J connectivity index is 1.95. The van der Waals surface area contributed by atoms with E-state index in [0.29, 0.717) is 11.4 Å². The SMILES string of the molecule is COc1cccc(-n2c(C)cc(C(=O)Nc3ccn(C)n3)c2C)c1. The molecule has 1 N–H and O–H groups in total. The second kappa shape index (κ2) is 6.23. The third kappa shape index (κ3) is 2.90. The molecule has 0 fully saturated rings. The summed E-state index contributed by atoms with van der Waals surface area (Å²) >= 11 is 0. The number of carbonyl (C=O) groups is 1. The van der Waals surface area contributed by atoms with E-state index >= 15 is 0 Å². The summed E-state index contributed by atoms with van der Waals surface area (Å²) in [7, 11) is 3.45. The average molecular weight is 324 g/mol. The van der Waals surface area contributed by atoms with Crippen LogP contribution in [0.2, 0.25) is 0 Å². The first-order valence-corrected chi connectivity index (χ1v) is 7.64. The van der Waals surface area contributed by atoms with Gasteiger partial charge in [0.2, 0.25) is 0 Å². The number of benzene rings is 1. The van der Waals surface area contributed by atoms with E-state index in [0.717, 1.165) is 22.8 Å². The fourth-order valence-corrected chi connectivity index (χ4v) is 2.80. The van der Waals surface area contributed by atoms with E-state index in [2.05, 4.69) is 10.4 Å². The van der Waals surface area contributed by atoms with E-state index in [4.69, 9.17) is 4.74 Å². The van der Waals surface area contributed by atoms with Crippen molar-refractivity contribution in [3.8, 4) is 11.4 Å². The molecule has 0 unspecified atom stereocenters. The second-order valence-electron chi connectivity index (χ2n) is 5.65. The van der Waals surface area contributed by atoms with Crippen LogP contribution in [0.3, 0.4) is 0 Å². The van der Waals surface area contributed by atoms with Crippen molar-refractivity contribution >= 4 is 11.7 Å². The van der Waals surface area contributed by atoms with Gasteiger partial charge in [0.25, 0.3) is 5.91 Å². The van der Waals surface area contributed by atoms with Crippen LogP contribution in [0, 0.1) is 13.8 Å². The monoisotopic (exact) mass is 324 g/mol. The molecule has 0 saturated carbocycles. The molecule has 0 aliphatic rings. The van der Waals surface area contributed by atoms with Crippen LogP contribution in [0.5, 0.6) is 5.75 Å². The highest BCUT2D eigenvalue weighted by Crippen LogP contribution is 2.24. The molecule has 6 nitrogen and oxygen atoms in total. The van der Waals surface area contributed by atoms with Gasteiger partial charge < -0.3 is 14.6 Å². The number of hydrogen-bond acceptors (Lipinski definition) is 3. The van der Waals surface area contributed by atoms with Crippen molar-refractivity contribution in [1.29, 1.82) is 0 Å². The fraction of sp³-hybridized carbons (Fsp3) is 0.222. The Morgan fingerprint density at radius 3 is 2.67 bits per heavy atom. The second-order valence-corrected chi connectivity index (χ2v) is 5.65. The van der Waals surface area contributed by atoms with Crippen LogP contribution in [-0.4, -0.2) is 27.4 Å². The number of amides is 1. The Morgan fingerprint density at radius 1 is 1.21 bits per heavy atom. The maximum Gasteiger partial charge on any atom is 0.258 e. The van der Waals surface area contributed by atoms with Crippen LogP contribution in [0.4, 0.5) is 5.82 Å². The highest BCUT2D eigenvalue weighted by molar-refractivity contribution is 6.05. The number of nitrogens with zero attached hydrogens (tertiary/aromatic N) is 3. The highest BCUT2D eigenvalue weighted by atomic mass is 16.5. The van der Waals surface area contributed by atoms with Crippen molar-refractivity contribution in [3.05, 3.63) is 59.5 Å². The molecule has 0 radical (unpaired) electrons. The van der Waals surface area contributed by atoms with Gasteiger partial charge in [-0.15, -0.1) is 0 Å². The van der Waals surface area contributed by atoms with Crippen LogP contribution < -0.4 is 10.1 Å². The molecule has 2 aromatic heterocycles. The molecule has 0 aliphatic carbocycles. The van der Waals surface area contributed by atoms with Crippen molar-refractivity contribution in [3.63, 3.8) is 0 Å². The predicted octanol–water partition coefficient (Wildman–Crippen LogP) is 3.09. The van der Waals surface area contributed by atoms with E-state index in [-0.39, 0.29) is 5.91 Å². The Labute approximate surface area is 140 Å². The lowest BCUT2D eigenvalue weighted by Gasteiger charge is -2.11. The number of nitrogens with one attached hydrogen (secondary N) is 1. The standard InChI is InChI=1S/C18H20N4O2/c1-12-10-16(18(23)19-17-8-9-21(3)20-17)13(2)22(12)14-6-5-7-15(11-14)24-4/h5-11H,1-4H3,(H,19,20,23). The van der Waals surface area contributed by atoms with Crippen molar-refractivity contribution < 1.29 is 9.53 Å². The number of rotatable bonds is 4. The number of hydrogen-bond donors (Lipinski definition) is 1. The van der Waals surface area contributed by atoms with E-state index in [1.807, 2.05) is 55.8 Å². The first-order valence-electron chi connectivity index (χ1n) is 7.64. The molecular formula is C18H20N4O2. The number of aromatic nitrogens is 3. The Kier molecular flexibility index (Phi) is 4.12. The van der Waals surface area contributed by atoms with Gasteiger partial charge in [0.05, 0.1) is 12.7 Å². The summed E-state index contributed by atoms with van der Waals surface area (Å²) in [5, 5.41) is 7.00. The molecule has 0 aliphatic heterocycles. The number of aryl methyl sites for hydroxylation is 2. The van der Waals surface area contributed by atoms with Gasteiger partial charge in [-0.05, 0) is 32.0 Å². The number of anilines is 1. The number of methoxy groups -OCH3 is 1. The molecular weight excluding hydrogens is 304 g/mol. The predicted molar refractivity (Wildman–Crippen MR) is 93.0 cm³/mol. The smallest absolute Gasteiger partial charge is 0.258 e. The van der Waals surface area contributed by atoms with E-state index < -0.39 is 0 Å². The van der Waals surface area contributed by atoms with Gasteiger partial charge >= 0.3 is 0 Å². The Morgan fingerprint density at radius 2 is 2.00 bits per heavy atom. The summed E-state index contributed by atoms with van der Waals surface area (Å²) in [5.74, 6) is 1.14. The van der Waals surface area contributed by atoms with Gasteiger partial charge in [-0.2, -0.15) is 5.10 Å². The molecule has 3 rings (SSSR count). The molecule has 0 atom stereocenters. The summed E-state index contributed by atoms with van der Waals surface area (Å²) < 4.78 is 8.97. The van der Waals surface area contributed by atoms with Crippen molar-refractivity contribution in [2.75, 3.05) is 12.4 Å². The van der Waals surface area contributed by atoms with Crippen LogP contribution >= 0.6 is 0 Å². The van der Waals surface area contributed by atoms with Gasteiger partial charge in [0.1, 0.15) is 5.75 Å². The molecule has 2 heterocycles.